The smallest absolute Gasteiger partial charge is 0.166 e. The number of nitrogens with two attached hydrogens (primary N) is 2. The molecule has 24 heavy (non-hydrogen) atoms. The normalized spacial score (nSPS) is 27.3. The molecule has 0 aliphatic heterocycles. The van der Waals surface area contributed by atoms with Gasteiger partial charge in [0.05, 0.1) is 5.69 Å². The number of nitriles is 1. The van der Waals surface area contributed by atoms with Crippen LogP contribution in [0.25, 0.3) is 10.8 Å². The first-order valence-corrected chi connectivity index (χ1v) is 8.37. The Morgan fingerprint density at radius 2 is 2.00 bits per heavy atom. The lowest BCUT2D eigenvalue weighted by Gasteiger charge is -2.42. The standard InChI is InChI=1S/C18H22N6/c1-17(21)6-10(7-17)13-5-11-12(9-22-13)15(20)14(8-19)23-16(11)24-18(2)3-4-18/h5,9-10H,3-4,6-7,20-21H2,1-2H3,(H,23,24). The molecule has 2 aliphatic rings. The van der Waals surface area contributed by atoms with Crippen molar-refractivity contribution in [3.8, 4) is 6.07 Å². The number of nitrogens with one attached hydrogen (secondary N) is 1. The minimum Gasteiger partial charge on any atom is -0.396 e. The second kappa shape index (κ2) is 4.81. The topological polar surface area (TPSA) is 114 Å². The van der Waals surface area contributed by atoms with Gasteiger partial charge in [-0.3, -0.25) is 4.98 Å². The molecule has 0 saturated heterocycles. The third-order valence-corrected chi connectivity index (χ3v) is 5.32. The van der Waals surface area contributed by atoms with E-state index in [0.717, 1.165) is 48.0 Å². The molecule has 0 aromatic carbocycles. The summed E-state index contributed by atoms with van der Waals surface area (Å²) >= 11 is 0. The van der Waals surface area contributed by atoms with Crippen LogP contribution < -0.4 is 16.8 Å². The summed E-state index contributed by atoms with van der Waals surface area (Å²) in [6.07, 6.45) is 5.86. The highest BCUT2D eigenvalue weighted by Crippen LogP contribution is 2.44. The first-order valence-electron chi connectivity index (χ1n) is 8.37. The number of pyridine rings is 2. The quantitative estimate of drug-likeness (QED) is 0.800. The van der Waals surface area contributed by atoms with Crippen molar-refractivity contribution in [2.75, 3.05) is 11.1 Å². The number of hydrogen-bond donors (Lipinski definition) is 3. The lowest BCUT2D eigenvalue weighted by Crippen LogP contribution is -2.48. The minimum atomic E-state index is -0.0915. The molecule has 2 saturated carbocycles. The maximum absolute atomic E-state index is 9.31. The maximum Gasteiger partial charge on any atom is 0.166 e. The van der Waals surface area contributed by atoms with Gasteiger partial charge in [0.1, 0.15) is 11.9 Å². The molecule has 2 aliphatic carbocycles. The van der Waals surface area contributed by atoms with Gasteiger partial charge in [-0.25, -0.2) is 4.98 Å². The Kier molecular flexibility index (Phi) is 3.03. The van der Waals surface area contributed by atoms with E-state index in [9.17, 15) is 5.26 Å². The number of nitrogen functional groups attached to an aromatic ring is 1. The van der Waals surface area contributed by atoms with Crippen LogP contribution in [0.5, 0.6) is 0 Å². The monoisotopic (exact) mass is 322 g/mol. The van der Waals surface area contributed by atoms with Crippen molar-refractivity contribution in [2.45, 2.75) is 56.5 Å². The predicted octanol–water partition coefficient (Wildman–Crippen LogP) is 2.64. The zero-order valence-corrected chi connectivity index (χ0v) is 14.1. The number of aromatic nitrogens is 2. The van der Waals surface area contributed by atoms with Crippen LogP contribution >= 0.6 is 0 Å². The van der Waals surface area contributed by atoms with Gasteiger partial charge in [0, 0.05) is 39.7 Å². The third-order valence-electron chi connectivity index (χ3n) is 5.32. The molecule has 4 rings (SSSR count). The van der Waals surface area contributed by atoms with Crippen LogP contribution in [0.4, 0.5) is 11.5 Å². The van der Waals surface area contributed by atoms with Crippen molar-refractivity contribution in [3.63, 3.8) is 0 Å². The highest BCUT2D eigenvalue weighted by Gasteiger charge is 2.39. The van der Waals surface area contributed by atoms with Crippen LogP contribution in [-0.4, -0.2) is 21.0 Å². The number of hydrogen-bond acceptors (Lipinski definition) is 6. The van der Waals surface area contributed by atoms with Crippen molar-refractivity contribution in [3.05, 3.63) is 23.7 Å². The Hall–Kier alpha value is -2.39. The third kappa shape index (κ3) is 2.45. The number of nitrogens with zero attached hydrogens (tertiary/aromatic N) is 3. The molecule has 124 valence electrons. The van der Waals surface area contributed by atoms with Crippen LogP contribution in [0.15, 0.2) is 12.3 Å². The second-order valence-corrected chi connectivity index (χ2v) is 7.93. The Bertz CT molecular complexity index is 867. The maximum atomic E-state index is 9.31. The SMILES string of the molecule is CC1(N)CC(c2cc3c(NC4(C)CC4)nc(C#N)c(N)c3cn2)C1. The molecule has 5 N–H and O–H groups in total. The van der Waals surface area contributed by atoms with Gasteiger partial charge in [-0.2, -0.15) is 5.26 Å². The van der Waals surface area contributed by atoms with E-state index in [-0.39, 0.29) is 16.8 Å². The van der Waals surface area contributed by atoms with Crippen LogP contribution in [0.3, 0.4) is 0 Å². The predicted molar refractivity (Wildman–Crippen MR) is 94.5 cm³/mol. The van der Waals surface area contributed by atoms with Gasteiger partial charge in [0.25, 0.3) is 0 Å². The number of fused-ring (bicyclic) bond motifs is 1. The zero-order valence-electron chi connectivity index (χ0n) is 14.1. The van der Waals surface area contributed by atoms with E-state index in [0.29, 0.717) is 11.6 Å². The minimum absolute atomic E-state index is 0.0680. The molecule has 0 atom stereocenters. The van der Waals surface area contributed by atoms with E-state index in [2.05, 4.69) is 41.3 Å². The lowest BCUT2D eigenvalue weighted by atomic mass is 9.68. The van der Waals surface area contributed by atoms with Gasteiger partial charge >= 0.3 is 0 Å². The fourth-order valence-corrected chi connectivity index (χ4v) is 3.52. The highest BCUT2D eigenvalue weighted by atomic mass is 15.1. The first kappa shape index (κ1) is 15.2. The molecule has 0 amide bonds. The van der Waals surface area contributed by atoms with Crippen LogP contribution in [0.1, 0.15) is 56.8 Å². The van der Waals surface area contributed by atoms with E-state index >= 15 is 0 Å². The summed E-state index contributed by atoms with van der Waals surface area (Å²) < 4.78 is 0. The van der Waals surface area contributed by atoms with Gasteiger partial charge in [-0.15, -0.1) is 0 Å². The Labute approximate surface area is 141 Å². The average molecular weight is 322 g/mol. The van der Waals surface area contributed by atoms with Crippen LogP contribution in [0, 0.1) is 11.3 Å². The summed E-state index contributed by atoms with van der Waals surface area (Å²) in [4.78, 5) is 9.05. The summed E-state index contributed by atoms with van der Waals surface area (Å²) in [6, 6.07) is 4.15. The van der Waals surface area contributed by atoms with E-state index < -0.39 is 0 Å². The molecular weight excluding hydrogens is 300 g/mol. The van der Waals surface area contributed by atoms with Gasteiger partial charge in [-0.1, -0.05) is 0 Å². The fraction of sp³-hybridized carbons (Fsp3) is 0.500. The van der Waals surface area contributed by atoms with Gasteiger partial charge in [-0.05, 0) is 45.6 Å². The zero-order chi connectivity index (χ0) is 17.1. The van der Waals surface area contributed by atoms with Crippen LogP contribution in [0.2, 0.25) is 0 Å². The van der Waals surface area contributed by atoms with Crippen molar-refractivity contribution in [2.24, 2.45) is 5.73 Å². The summed E-state index contributed by atoms with van der Waals surface area (Å²) in [6.45, 7) is 4.24. The van der Waals surface area contributed by atoms with E-state index in [1.165, 1.54) is 0 Å². The number of anilines is 2. The molecular formula is C18H22N6. The van der Waals surface area contributed by atoms with Crippen molar-refractivity contribution >= 4 is 22.3 Å². The highest BCUT2D eigenvalue weighted by molar-refractivity contribution is 6.01. The number of rotatable bonds is 3. The Morgan fingerprint density at radius 3 is 2.58 bits per heavy atom. The molecule has 2 fully saturated rings. The van der Waals surface area contributed by atoms with Crippen LogP contribution in [-0.2, 0) is 0 Å². The van der Waals surface area contributed by atoms with Gasteiger partial charge in [0.2, 0.25) is 0 Å². The molecule has 2 heterocycles. The van der Waals surface area contributed by atoms with Gasteiger partial charge in [0.15, 0.2) is 5.69 Å². The second-order valence-electron chi connectivity index (χ2n) is 7.93. The average Bonchev–Trinajstić information content (AvgIpc) is 3.24. The summed E-state index contributed by atoms with van der Waals surface area (Å²) in [5.74, 6) is 1.11. The van der Waals surface area contributed by atoms with E-state index in [4.69, 9.17) is 11.5 Å². The summed E-state index contributed by atoms with van der Waals surface area (Å²) in [5.41, 5.74) is 13.9. The Balaban J connectivity index is 1.81. The molecule has 6 heteroatoms. The molecule has 2 aromatic heterocycles. The Morgan fingerprint density at radius 1 is 1.29 bits per heavy atom. The lowest BCUT2D eigenvalue weighted by molar-refractivity contribution is 0.227. The van der Waals surface area contributed by atoms with Crippen molar-refractivity contribution < 1.29 is 0 Å². The van der Waals surface area contributed by atoms with E-state index in [1.807, 2.05) is 0 Å². The molecule has 0 bridgehead atoms. The summed E-state index contributed by atoms with van der Waals surface area (Å²) in [5, 5.41) is 14.5. The van der Waals surface area contributed by atoms with Crippen molar-refractivity contribution in [1.82, 2.24) is 9.97 Å². The molecule has 0 radical (unpaired) electrons. The molecule has 0 unspecified atom stereocenters. The molecule has 2 aromatic rings. The van der Waals surface area contributed by atoms with E-state index in [1.54, 1.807) is 6.20 Å². The van der Waals surface area contributed by atoms with Crippen molar-refractivity contribution in [1.29, 1.82) is 5.26 Å². The fourth-order valence-electron chi connectivity index (χ4n) is 3.52. The summed E-state index contributed by atoms with van der Waals surface area (Å²) in [7, 11) is 0. The molecule has 6 nitrogen and oxygen atoms in total. The molecule has 0 spiro atoms. The first-order chi connectivity index (χ1) is 11.3. The largest absolute Gasteiger partial charge is 0.396 e. The van der Waals surface area contributed by atoms with Gasteiger partial charge < -0.3 is 16.8 Å².